The lowest BCUT2D eigenvalue weighted by Gasteiger charge is -2.22. The van der Waals surface area contributed by atoms with E-state index in [4.69, 9.17) is 9.47 Å². The van der Waals surface area contributed by atoms with E-state index >= 15 is 0 Å². The van der Waals surface area contributed by atoms with Gasteiger partial charge in [0, 0.05) is 13.7 Å². The molecule has 0 aliphatic carbocycles. The summed E-state index contributed by atoms with van der Waals surface area (Å²) < 4.78 is 10.3. The monoisotopic (exact) mass is 267 g/mol. The molecule has 1 amide bonds. The van der Waals surface area contributed by atoms with Crippen molar-refractivity contribution in [3.63, 3.8) is 0 Å². The lowest BCUT2D eigenvalue weighted by atomic mass is 10.1. The van der Waals surface area contributed by atoms with Gasteiger partial charge in [-0.05, 0) is 25.5 Å². The Morgan fingerprint density at radius 2 is 2.11 bits per heavy atom. The minimum absolute atomic E-state index is 0.0755. The van der Waals surface area contributed by atoms with Crippen LogP contribution in [0.4, 0.5) is 0 Å². The maximum absolute atomic E-state index is 11.6. The third-order valence-electron chi connectivity index (χ3n) is 2.57. The highest BCUT2D eigenvalue weighted by molar-refractivity contribution is 5.77. The van der Waals surface area contributed by atoms with Crippen molar-refractivity contribution in [2.45, 2.75) is 19.4 Å². The largest absolute Gasteiger partial charge is 0.484 e. The zero-order valence-corrected chi connectivity index (χ0v) is 11.6. The molecule has 5 nitrogen and oxygen atoms in total. The van der Waals surface area contributed by atoms with Crippen LogP contribution in [0.2, 0.25) is 0 Å². The molecule has 0 aromatic heterocycles. The molecule has 0 fully saturated rings. The van der Waals surface area contributed by atoms with Gasteiger partial charge in [0.05, 0.1) is 6.61 Å². The number of methoxy groups -OCH3 is 1. The predicted octanol–water partition coefficient (Wildman–Crippen LogP) is 0.887. The SMILES string of the molecule is COCC(C)(O)CNC(=O)COc1ccccc1C. The number of rotatable bonds is 7. The highest BCUT2D eigenvalue weighted by Gasteiger charge is 2.20. The van der Waals surface area contributed by atoms with E-state index in [1.165, 1.54) is 7.11 Å². The standard InChI is InChI=1S/C14H21NO4/c1-11-6-4-5-7-12(11)19-8-13(16)15-9-14(2,17)10-18-3/h4-7,17H,8-10H2,1-3H3,(H,15,16). The molecule has 0 aliphatic rings. The van der Waals surface area contributed by atoms with Gasteiger partial charge in [-0.2, -0.15) is 0 Å². The van der Waals surface area contributed by atoms with Crippen LogP contribution in [0.25, 0.3) is 0 Å². The second-order valence-electron chi connectivity index (χ2n) is 4.76. The summed E-state index contributed by atoms with van der Waals surface area (Å²) in [7, 11) is 1.50. The average Bonchev–Trinajstić information content (AvgIpc) is 2.35. The Balaban J connectivity index is 2.35. The smallest absolute Gasteiger partial charge is 0.258 e. The molecule has 0 aliphatic heterocycles. The third kappa shape index (κ3) is 5.72. The zero-order chi connectivity index (χ0) is 14.3. The normalized spacial score (nSPS) is 13.7. The van der Waals surface area contributed by atoms with E-state index in [-0.39, 0.29) is 25.7 Å². The number of amides is 1. The summed E-state index contributed by atoms with van der Waals surface area (Å²) in [5.41, 5.74) is -0.103. The Labute approximate surface area is 113 Å². The van der Waals surface area contributed by atoms with Crippen molar-refractivity contribution < 1.29 is 19.4 Å². The van der Waals surface area contributed by atoms with E-state index < -0.39 is 5.60 Å². The fourth-order valence-electron chi connectivity index (χ4n) is 1.56. The van der Waals surface area contributed by atoms with E-state index in [0.29, 0.717) is 5.75 Å². The molecule has 1 aromatic rings. The van der Waals surface area contributed by atoms with Gasteiger partial charge in [-0.15, -0.1) is 0 Å². The van der Waals surface area contributed by atoms with Gasteiger partial charge < -0.3 is 19.9 Å². The van der Waals surface area contributed by atoms with Crippen LogP contribution in [0.15, 0.2) is 24.3 Å². The van der Waals surface area contributed by atoms with Crippen molar-refractivity contribution in [2.75, 3.05) is 26.9 Å². The van der Waals surface area contributed by atoms with Gasteiger partial charge in [-0.1, -0.05) is 18.2 Å². The van der Waals surface area contributed by atoms with Crippen LogP contribution in [0.5, 0.6) is 5.75 Å². The van der Waals surface area contributed by atoms with Gasteiger partial charge in [0.15, 0.2) is 6.61 Å². The van der Waals surface area contributed by atoms with Crippen LogP contribution in [0.1, 0.15) is 12.5 Å². The lowest BCUT2D eigenvalue weighted by molar-refractivity contribution is -0.124. The van der Waals surface area contributed by atoms with Crippen LogP contribution < -0.4 is 10.1 Å². The van der Waals surface area contributed by atoms with Crippen LogP contribution in [0, 0.1) is 6.92 Å². The first-order valence-corrected chi connectivity index (χ1v) is 6.11. The first-order chi connectivity index (χ1) is 8.94. The van der Waals surface area contributed by atoms with Gasteiger partial charge >= 0.3 is 0 Å². The number of aliphatic hydroxyl groups is 1. The second-order valence-corrected chi connectivity index (χ2v) is 4.76. The van der Waals surface area contributed by atoms with Crippen molar-refractivity contribution in [3.8, 4) is 5.75 Å². The molecule has 1 atom stereocenters. The molecule has 0 saturated carbocycles. The molecule has 106 valence electrons. The number of aryl methyl sites for hydroxylation is 1. The molecular weight excluding hydrogens is 246 g/mol. The number of benzene rings is 1. The molecule has 0 saturated heterocycles. The molecule has 1 aromatic carbocycles. The number of para-hydroxylation sites is 1. The number of carbonyl (C=O) groups excluding carboxylic acids is 1. The molecule has 2 N–H and O–H groups in total. The molecule has 1 unspecified atom stereocenters. The summed E-state index contributed by atoms with van der Waals surface area (Å²) in [5, 5.41) is 12.4. The second kappa shape index (κ2) is 7.11. The highest BCUT2D eigenvalue weighted by atomic mass is 16.5. The zero-order valence-electron chi connectivity index (χ0n) is 11.6. The highest BCUT2D eigenvalue weighted by Crippen LogP contribution is 2.15. The van der Waals surface area contributed by atoms with E-state index in [2.05, 4.69) is 5.32 Å². The minimum atomic E-state index is -1.08. The van der Waals surface area contributed by atoms with E-state index in [1.807, 2.05) is 31.2 Å². The van der Waals surface area contributed by atoms with Gasteiger partial charge in [0.25, 0.3) is 5.91 Å². The van der Waals surface area contributed by atoms with Gasteiger partial charge in [-0.3, -0.25) is 4.79 Å². The Morgan fingerprint density at radius 3 is 2.74 bits per heavy atom. The van der Waals surface area contributed by atoms with Gasteiger partial charge in [0.1, 0.15) is 11.4 Å². The van der Waals surface area contributed by atoms with Gasteiger partial charge in [0.2, 0.25) is 0 Å². The first-order valence-electron chi connectivity index (χ1n) is 6.11. The predicted molar refractivity (Wildman–Crippen MR) is 72.2 cm³/mol. The number of carbonyl (C=O) groups is 1. The van der Waals surface area contributed by atoms with Crippen molar-refractivity contribution in [1.29, 1.82) is 0 Å². The van der Waals surface area contributed by atoms with Crippen molar-refractivity contribution in [1.82, 2.24) is 5.32 Å². The topological polar surface area (TPSA) is 67.8 Å². The van der Waals surface area contributed by atoms with Crippen LogP contribution >= 0.6 is 0 Å². The Morgan fingerprint density at radius 1 is 1.42 bits per heavy atom. The lowest BCUT2D eigenvalue weighted by Crippen LogP contribution is -2.45. The third-order valence-corrected chi connectivity index (χ3v) is 2.57. The number of hydrogen-bond donors (Lipinski definition) is 2. The molecule has 5 heteroatoms. The fourth-order valence-corrected chi connectivity index (χ4v) is 1.56. The van der Waals surface area contributed by atoms with Crippen LogP contribution in [-0.2, 0) is 9.53 Å². The summed E-state index contributed by atoms with van der Waals surface area (Å²) in [6.45, 7) is 3.71. The van der Waals surface area contributed by atoms with Crippen molar-refractivity contribution in [3.05, 3.63) is 29.8 Å². The minimum Gasteiger partial charge on any atom is -0.484 e. The van der Waals surface area contributed by atoms with E-state index in [0.717, 1.165) is 5.56 Å². The molecule has 19 heavy (non-hydrogen) atoms. The van der Waals surface area contributed by atoms with Gasteiger partial charge in [-0.25, -0.2) is 0 Å². The average molecular weight is 267 g/mol. The Hall–Kier alpha value is -1.59. The summed E-state index contributed by atoms with van der Waals surface area (Å²) in [6, 6.07) is 7.48. The van der Waals surface area contributed by atoms with Crippen LogP contribution in [-0.4, -0.2) is 43.5 Å². The van der Waals surface area contributed by atoms with E-state index in [9.17, 15) is 9.90 Å². The van der Waals surface area contributed by atoms with Crippen molar-refractivity contribution >= 4 is 5.91 Å². The number of nitrogens with one attached hydrogen (secondary N) is 1. The molecule has 0 bridgehead atoms. The summed E-state index contributed by atoms with van der Waals surface area (Å²) in [4.78, 5) is 11.6. The molecule has 0 spiro atoms. The molecule has 0 radical (unpaired) electrons. The molecular formula is C14H21NO4. The summed E-state index contributed by atoms with van der Waals surface area (Å²) in [5.74, 6) is 0.404. The molecule has 1 rings (SSSR count). The first kappa shape index (κ1) is 15.5. The summed E-state index contributed by atoms with van der Waals surface area (Å²) in [6.07, 6.45) is 0. The van der Waals surface area contributed by atoms with Crippen LogP contribution in [0.3, 0.4) is 0 Å². The van der Waals surface area contributed by atoms with E-state index in [1.54, 1.807) is 6.92 Å². The number of ether oxygens (including phenoxy) is 2. The fraction of sp³-hybridized carbons (Fsp3) is 0.500. The van der Waals surface area contributed by atoms with Crippen molar-refractivity contribution in [2.24, 2.45) is 0 Å². The summed E-state index contributed by atoms with van der Waals surface area (Å²) >= 11 is 0. The quantitative estimate of drug-likeness (QED) is 0.770. The number of hydrogen-bond acceptors (Lipinski definition) is 4. The molecule has 0 heterocycles. The maximum Gasteiger partial charge on any atom is 0.258 e. The Kier molecular flexibility index (Phi) is 5.79. The maximum atomic E-state index is 11.6. The Bertz CT molecular complexity index is 418.